The van der Waals surface area contributed by atoms with E-state index in [2.05, 4.69) is 9.62 Å². The second-order valence-corrected chi connectivity index (χ2v) is 1.50. The number of rotatable bonds is 3. The zero-order valence-corrected chi connectivity index (χ0v) is 5.46. The second-order valence-electron chi connectivity index (χ2n) is 1.50. The Morgan fingerprint density at radius 2 is 2.33 bits per heavy atom. The largest absolute Gasteiger partial charge is 0.464 e. The number of ether oxygens (including phenoxy) is 1. The fourth-order valence-corrected chi connectivity index (χ4v) is 0.303. The molecule has 0 spiro atoms. The summed E-state index contributed by atoms with van der Waals surface area (Å²) in [4.78, 5) is 14.2. The van der Waals surface area contributed by atoms with E-state index in [-0.39, 0.29) is 0 Å². The van der Waals surface area contributed by atoms with Gasteiger partial charge in [0.1, 0.15) is 0 Å². The molecular weight excluding hydrogens is 124 g/mol. The predicted octanol–water partition coefficient (Wildman–Crippen LogP) is 0.428. The number of hydrogen-bond donors (Lipinski definition) is 1. The van der Waals surface area contributed by atoms with Crippen molar-refractivity contribution in [3.8, 4) is 0 Å². The van der Waals surface area contributed by atoms with Crippen LogP contribution in [-0.2, 0) is 14.4 Å². The highest BCUT2D eigenvalue weighted by atomic mass is 17.1. The standard InChI is InChI=1S/C5H10O4/c1-3-8-5(6)4(2)9-7/h4,7H,3H2,1-2H3. The van der Waals surface area contributed by atoms with Crippen molar-refractivity contribution in [2.24, 2.45) is 0 Å². The lowest BCUT2D eigenvalue weighted by Crippen LogP contribution is -2.21. The van der Waals surface area contributed by atoms with E-state index in [0.29, 0.717) is 6.61 Å². The van der Waals surface area contributed by atoms with Crippen molar-refractivity contribution in [1.82, 2.24) is 0 Å². The SMILES string of the molecule is CCOC(=O)C(C)OO. The van der Waals surface area contributed by atoms with Crippen molar-refractivity contribution < 1.29 is 19.7 Å². The molecule has 0 rings (SSSR count). The van der Waals surface area contributed by atoms with E-state index in [9.17, 15) is 4.79 Å². The van der Waals surface area contributed by atoms with E-state index < -0.39 is 12.1 Å². The highest BCUT2D eigenvalue weighted by Gasteiger charge is 2.12. The Balaban J connectivity index is 3.46. The molecule has 0 amide bonds. The minimum Gasteiger partial charge on any atom is -0.464 e. The van der Waals surface area contributed by atoms with Crippen molar-refractivity contribution in [3.63, 3.8) is 0 Å². The molecule has 0 fully saturated rings. The average molecular weight is 134 g/mol. The van der Waals surface area contributed by atoms with Gasteiger partial charge in [0.15, 0.2) is 6.10 Å². The summed E-state index contributed by atoms with van der Waals surface area (Å²) < 4.78 is 4.47. The van der Waals surface area contributed by atoms with Crippen molar-refractivity contribution >= 4 is 5.97 Å². The minimum absolute atomic E-state index is 0.298. The van der Waals surface area contributed by atoms with Gasteiger partial charge in [0, 0.05) is 0 Å². The Morgan fingerprint density at radius 3 is 2.67 bits per heavy atom. The van der Waals surface area contributed by atoms with Crippen LogP contribution in [0.4, 0.5) is 0 Å². The first-order valence-corrected chi connectivity index (χ1v) is 2.69. The molecule has 1 atom stereocenters. The molecule has 0 aliphatic rings. The molecule has 0 aliphatic carbocycles. The van der Waals surface area contributed by atoms with Crippen LogP contribution in [0, 0.1) is 0 Å². The van der Waals surface area contributed by atoms with Crippen LogP contribution in [0.1, 0.15) is 13.8 Å². The first kappa shape index (κ1) is 8.39. The van der Waals surface area contributed by atoms with Gasteiger partial charge < -0.3 is 4.74 Å². The number of hydrogen-bond acceptors (Lipinski definition) is 4. The van der Waals surface area contributed by atoms with Gasteiger partial charge in [-0.2, -0.15) is 0 Å². The van der Waals surface area contributed by atoms with Gasteiger partial charge in [-0.25, -0.2) is 9.68 Å². The Labute approximate surface area is 53.3 Å². The summed E-state index contributed by atoms with van der Waals surface area (Å²) in [6.07, 6.45) is -0.884. The first-order chi connectivity index (χ1) is 4.22. The molecule has 54 valence electrons. The fourth-order valence-electron chi connectivity index (χ4n) is 0.303. The van der Waals surface area contributed by atoms with Crippen molar-refractivity contribution in [1.29, 1.82) is 0 Å². The molecule has 0 saturated carbocycles. The molecule has 1 unspecified atom stereocenters. The van der Waals surface area contributed by atoms with E-state index in [1.807, 2.05) is 0 Å². The predicted molar refractivity (Wildman–Crippen MR) is 29.8 cm³/mol. The average Bonchev–Trinajstić information content (AvgIpc) is 1.87. The third kappa shape index (κ3) is 3.05. The Kier molecular flexibility index (Phi) is 4.00. The van der Waals surface area contributed by atoms with Crippen LogP contribution in [0.15, 0.2) is 0 Å². The molecule has 4 heteroatoms. The lowest BCUT2D eigenvalue weighted by atomic mass is 10.4. The number of carbonyl (C=O) groups is 1. The van der Waals surface area contributed by atoms with Gasteiger partial charge in [-0.15, -0.1) is 0 Å². The van der Waals surface area contributed by atoms with Gasteiger partial charge in [-0.05, 0) is 13.8 Å². The van der Waals surface area contributed by atoms with Gasteiger partial charge in [0.05, 0.1) is 6.61 Å². The lowest BCUT2D eigenvalue weighted by molar-refractivity contribution is -0.273. The van der Waals surface area contributed by atoms with E-state index in [1.54, 1.807) is 6.92 Å². The van der Waals surface area contributed by atoms with Gasteiger partial charge in [0.2, 0.25) is 0 Å². The normalized spacial score (nSPS) is 12.8. The fraction of sp³-hybridized carbons (Fsp3) is 0.800. The summed E-state index contributed by atoms with van der Waals surface area (Å²) in [5.41, 5.74) is 0. The van der Waals surface area contributed by atoms with Crippen LogP contribution in [-0.4, -0.2) is 23.9 Å². The monoisotopic (exact) mass is 134 g/mol. The second kappa shape index (κ2) is 4.29. The van der Waals surface area contributed by atoms with E-state index in [1.165, 1.54) is 6.92 Å². The van der Waals surface area contributed by atoms with Gasteiger partial charge >= 0.3 is 5.97 Å². The van der Waals surface area contributed by atoms with Gasteiger partial charge in [-0.1, -0.05) is 0 Å². The van der Waals surface area contributed by atoms with Crippen molar-refractivity contribution in [2.45, 2.75) is 20.0 Å². The van der Waals surface area contributed by atoms with E-state index in [0.717, 1.165) is 0 Å². The van der Waals surface area contributed by atoms with Crippen molar-refractivity contribution in [2.75, 3.05) is 6.61 Å². The minimum atomic E-state index is -0.884. The molecule has 0 aliphatic heterocycles. The molecule has 1 N–H and O–H groups in total. The Hall–Kier alpha value is -0.610. The molecule has 0 saturated heterocycles. The quantitative estimate of drug-likeness (QED) is 0.345. The maximum Gasteiger partial charge on any atom is 0.338 e. The Morgan fingerprint density at radius 1 is 1.78 bits per heavy atom. The first-order valence-electron chi connectivity index (χ1n) is 2.69. The Bertz CT molecular complexity index is 91.0. The lowest BCUT2D eigenvalue weighted by Gasteiger charge is -2.04. The van der Waals surface area contributed by atoms with Crippen LogP contribution in [0.25, 0.3) is 0 Å². The molecule has 0 aromatic heterocycles. The molecule has 4 nitrogen and oxygen atoms in total. The molecule has 0 aromatic rings. The van der Waals surface area contributed by atoms with Crippen LogP contribution in [0.5, 0.6) is 0 Å². The maximum absolute atomic E-state index is 10.5. The summed E-state index contributed by atoms with van der Waals surface area (Å²) in [5, 5.41) is 7.93. The molecule has 0 aromatic carbocycles. The van der Waals surface area contributed by atoms with Gasteiger partial charge in [-0.3, -0.25) is 5.26 Å². The van der Waals surface area contributed by atoms with E-state index >= 15 is 0 Å². The van der Waals surface area contributed by atoms with Crippen LogP contribution < -0.4 is 0 Å². The summed E-state index contributed by atoms with van der Waals surface area (Å²) >= 11 is 0. The molecule has 9 heavy (non-hydrogen) atoms. The van der Waals surface area contributed by atoms with Crippen LogP contribution >= 0.6 is 0 Å². The third-order valence-corrected chi connectivity index (χ3v) is 0.777. The topological polar surface area (TPSA) is 55.8 Å². The molecular formula is C5H10O4. The summed E-state index contributed by atoms with van der Waals surface area (Å²) in [5.74, 6) is -0.556. The zero-order chi connectivity index (χ0) is 7.28. The van der Waals surface area contributed by atoms with Crippen molar-refractivity contribution in [3.05, 3.63) is 0 Å². The highest BCUT2D eigenvalue weighted by Crippen LogP contribution is 1.90. The maximum atomic E-state index is 10.5. The smallest absolute Gasteiger partial charge is 0.338 e. The summed E-state index contributed by atoms with van der Waals surface area (Å²) in [6, 6.07) is 0. The zero-order valence-electron chi connectivity index (χ0n) is 5.46. The summed E-state index contributed by atoms with van der Waals surface area (Å²) in [6.45, 7) is 3.38. The third-order valence-electron chi connectivity index (χ3n) is 0.777. The van der Waals surface area contributed by atoms with Crippen LogP contribution in [0.2, 0.25) is 0 Å². The number of esters is 1. The van der Waals surface area contributed by atoms with Gasteiger partial charge in [0.25, 0.3) is 0 Å². The number of carbonyl (C=O) groups excluding carboxylic acids is 1. The summed E-state index contributed by atoms with van der Waals surface area (Å²) in [7, 11) is 0. The molecule has 0 bridgehead atoms. The molecule has 0 heterocycles. The van der Waals surface area contributed by atoms with Crippen LogP contribution in [0.3, 0.4) is 0 Å². The van der Waals surface area contributed by atoms with E-state index in [4.69, 9.17) is 5.26 Å². The highest BCUT2D eigenvalue weighted by molar-refractivity contribution is 5.73. The molecule has 0 radical (unpaired) electrons.